The van der Waals surface area contributed by atoms with E-state index in [0.29, 0.717) is 17.2 Å². The minimum absolute atomic E-state index is 0.326. The van der Waals surface area contributed by atoms with Crippen molar-refractivity contribution in [3.8, 4) is 0 Å². The highest BCUT2D eigenvalue weighted by Gasteiger charge is 2.68. The number of fused-ring (bicyclic) bond motifs is 1. The highest BCUT2D eigenvalue weighted by Crippen LogP contribution is 2.67. The molecule has 3 fully saturated rings. The molecule has 2 unspecified atom stereocenters. The van der Waals surface area contributed by atoms with Gasteiger partial charge in [0.1, 0.15) is 0 Å². The van der Waals surface area contributed by atoms with Crippen LogP contribution in [0.4, 0.5) is 0 Å². The Morgan fingerprint density at radius 1 is 1.50 bits per heavy atom. The summed E-state index contributed by atoms with van der Waals surface area (Å²) in [5.74, 6) is 1.67. The van der Waals surface area contributed by atoms with Crippen LogP contribution in [0.5, 0.6) is 0 Å². The first-order chi connectivity index (χ1) is 4.83. The van der Waals surface area contributed by atoms with E-state index in [4.69, 9.17) is 0 Å². The Labute approximate surface area is 60.0 Å². The lowest BCUT2D eigenvalue weighted by Gasteiger charge is -2.06. The van der Waals surface area contributed by atoms with Gasteiger partial charge >= 0.3 is 0 Å². The zero-order valence-electron chi connectivity index (χ0n) is 5.89. The Bertz CT molecular complexity index is 209. The van der Waals surface area contributed by atoms with Crippen molar-refractivity contribution in [1.82, 2.24) is 5.32 Å². The zero-order chi connectivity index (χ0) is 6.77. The quantitative estimate of drug-likeness (QED) is 0.561. The van der Waals surface area contributed by atoms with Gasteiger partial charge in [0, 0.05) is 17.9 Å². The fourth-order valence-electron chi connectivity index (χ4n) is 2.50. The molecule has 1 amide bonds. The lowest BCUT2D eigenvalue weighted by molar-refractivity contribution is -0.120. The average molecular weight is 137 g/mol. The molecule has 54 valence electrons. The van der Waals surface area contributed by atoms with Gasteiger partial charge in [-0.25, -0.2) is 0 Å². The average Bonchev–Trinajstić information content (AvgIpc) is 2.80. The SMILES string of the molecule is O=C1NCC2(C3CC3)CC12. The number of nitrogens with one attached hydrogen (secondary N) is 1. The molecule has 10 heavy (non-hydrogen) atoms. The largest absolute Gasteiger partial charge is 0.355 e. The fourth-order valence-corrected chi connectivity index (χ4v) is 2.50. The van der Waals surface area contributed by atoms with Crippen LogP contribution in [0.25, 0.3) is 0 Å². The van der Waals surface area contributed by atoms with Gasteiger partial charge in [0.2, 0.25) is 5.91 Å². The smallest absolute Gasteiger partial charge is 0.223 e. The van der Waals surface area contributed by atoms with Crippen LogP contribution >= 0.6 is 0 Å². The summed E-state index contributed by atoms with van der Waals surface area (Å²) >= 11 is 0. The highest BCUT2D eigenvalue weighted by molar-refractivity contribution is 5.86. The van der Waals surface area contributed by atoms with Crippen molar-refractivity contribution in [1.29, 1.82) is 0 Å². The Morgan fingerprint density at radius 3 is 2.70 bits per heavy atom. The van der Waals surface area contributed by atoms with E-state index in [1.165, 1.54) is 19.3 Å². The maximum Gasteiger partial charge on any atom is 0.223 e. The van der Waals surface area contributed by atoms with Crippen LogP contribution in [0.1, 0.15) is 19.3 Å². The standard InChI is InChI=1S/C8H11NO/c10-7-6-3-8(6,4-9-7)5-1-2-5/h5-6H,1-4H2,(H,9,10). The van der Waals surface area contributed by atoms with Crippen LogP contribution in [-0.2, 0) is 4.79 Å². The molecule has 2 nitrogen and oxygen atoms in total. The monoisotopic (exact) mass is 137 g/mol. The molecule has 0 aromatic carbocycles. The van der Waals surface area contributed by atoms with E-state index >= 15 is 0 Å². The molecule has 1 saturated heterocycles. The molecular weight excluding hydrogens is 126 g/mol. The summed E-state index contributed by atoms with van der Waals surface area (Å²) < 4.78 is 0. The van der Waals surface area contributed by atoms with Crippen LogP contribution < -0.4 is 5.32 Å². The number of carbonyl (C=O) groups excluding carboxylic acids is 1. The van der Waals surface area contributed by atoms with Gasteiger partial charge in [-0.05, 0) is 25.2 Å². The van der Waals surface area contributed by atoms with E-state index in [9.17, 15) is 4.79 Å². The van der Waals surface area contributed by atoms with Gasteiger partial charge < -0.3 is 5.32 Å². The lowest BCUT2D eigenvalue weighted by atomic mass is 10.0. The van der Waals surface area contributed by atoms with Crippen molar-refractivity contribution in [2.45, 2.75) is 19.3 Å². The summed E-state index contributed by atoms with van der Waals surface area (Å²) in [6.45, 7) is 0.987. The summed E-state index contributed by atoms with van der Waals surface area (Å²) in [5, 5.41) is 2.94. The molecule has 2 saturated carbocycles. The molecule has 0 spiro atoms. The Balaban J connectivity index is 1.90. The van der Waals surface area contributed by atoms with E-state index in [0.717, 1.165) is 12.5 Å². The number of rotatable bonds is 1. The maximum absolute atomic E-state index is 11.0. The second-order valence-corrected chi connectivity index (χ2v) is 3.98. The number of carbonyl (C=O) groups is 1. The molecule has 3 rings (SSSR count). The predicted molar refractivity (Wildman–Crippen MR) is 36.3 cm³/mol. The van der Waals surface area contributed by atoms with Crippen LogP contribution in [0.2, 0.25) is 0 Å². The minimum atomic E-state index is 0.326. The molecular formula is C8H11NO. The molecule has 0 bridgehead atoms. The van der Waals surface area contributed by atoms with Gasteiger partial charge in [-0.3, -0.25) is 4.79 Å². The van der Waals surface area contributed by atoms with Crippen molar-refractivity contribution < 1.29 is 4.79 Å². The number of amides is 1. The van der Waals surface area contributed by atoms with Crippen molar-refractivity contribution in [2.24, 2.45) is 17.3 Å². The number of hydrogen-bond donors (Lipinski definition) is 1. The molecule has 0 aromatic rings. The van der Waals surface area contributed by atoms with Crippen molar-refractivity contribution in [3.63, 3.8) is 0 Å². The molecule has 0 radical (unpaired) electrons. The van der Waals surface area contributed by atoms with Crippen LogP contribution in [0.3, 0.4) is 0 Å². The Kier molecular flexibility index (Phi) is 0.644. The third-order valence-corrected chi connectivity index (χ3v) is 3.42. The summed E-state index contributed by atoms with van der Waals surface area (Å²) in [6.07, 6.45) is 3.96. The Morgan fingerprint density at radius 2 is 2.30 bits per heavy atom. The van der Waals surface area contributed by atoms with E-state index in [2.05, 4.69) is 5.32 Å². The third kappa shape index (κ3) is 0.414. The summed E-state index contributed by atoms with van der Waals surface area (Å²) in [7, 11) is 0. The van der Waals surface area contributed by atoms with Crippen molar-refractivity contribution >= 4 is 5.91 Å². The summed E-state index contributed by atoms with van der Waals surface area (Å²) in [6, 6.07) is 0. The topological polar surface area (TPSA) is 29.1 Å². The van der Waals surface area contributed by atoms with Gasteiger partial charge in [-0.2, -0.15) is 0 Å². The zero-order valence-corrected chi connectivity index (χ0v) is 5.89. The predicted octanol–water partition coefficient (Wildman–Crippen LogP) is 0.532. The normalized spacial score (nSPS) is 50.4. The Hall–Kier alpha value is -0.530. The molecule has 2 atom stereocenters. The third-order valence-electron chi connectivity index (χ3n) is 3.42. The van der Waals surface area contributed by atoms with Gasteiger partial charge in [0.15, 0.2) is 0 Å². The fraction of sp³-hybridized carbons (Fsp3) is 0.875. The van der Waals surface area contributed by atoms with E-state index in [-0.39, 0.29) is 0 Å². The van der Waals surface area contributed by atoms with E-state index in [1.54, 1.807) is 0 Å². The van der Waals surface area contributed by atoms with Crippen LogP contribution in [-0.4, -0.2) is 12.5 Å². The first-order valence-electron chi connectivity index (χ1n) is 4.11. The number of piperidine rings is 1. The molecule has 1 heterocycles. The molecule has 0 aromatic heterocycles. The molecule has 3 aliphatic rings. The maximum atomic E-state index is 11.0. The molecule has 1 aliphatic heterocycles. The summed E-state index contributed by atoms with van der Waals surface area (Å²) in [5.41, 5.74) is 0.483. The highest BCUT2D eigenvalue weighted by atomic mass is 16.2. The van der Waals surface area contributed by atoms with Gasteiger partial charge in [0.25, 0.3) is 0 Å². The second-order valence-electron chi connectivity index (χ2n) is 3.98. The minimum Gasteiger partial charge on any atom is -0.355 e. The molecule has 2 aliphatic carbocycles. The van der Waals surface area contributed by atoms with Gasteiger partial charge in [0.05, 0.1) is 0 Å². The summed E-state index contributed by atoms with van der Waals surface area (Å²) in [4.78, 5) is 11.0. The first-order valence-corrected chi connectivity index (χ1v) is 4.11. The van der Waals surface area contributed by atoms with Crippen molar-refractivity contribution in [3.05, 3.63) is 0 Å². The lowest BCUT2D eigenvalue weighted by Crippen LogP contribution is -2.21. The van der Waals surface area contributed by atoms with Crippen LogP contribution in [0, 0.1) is 17.3 Å². The second kappa shape index (κ2) is 1.25. The molecule has 2 heteroatoms. The van der Waals surface area contributed by atoms with Crippen LogP contribution in [0.15, 0.2) is 0 Å². The van der Waals surface area contributed by atoms with Gasteiger partial charge in [-0.15, -0.1) is 0 Å². The number of hydrogen-bond acceptors (Lipinski definition) is 1. The first kappa shape index (κ1) is 5.16. The molecule has 1 N–H and O–H groups in total. The van der Waals surface area contributed by atoms with Crippen molar-refractivity contribution in [2.75, 3.05) is 6.54 Å². The van der Waals surface area contributed by atoms with Gasteiger partial charge in [-0.1, -0.05) is 0 Å². The van der Waals surface area contributed by atoms with E-state index in [1.807, 2.05) is 0 Å². The van der Waals surface area contributed by atoms with E-state index < -0.39 is 0 Å².